The highest BCUT2D eigenvalue weighted by molar-refractivity contribution is 9.10. The number of furan rings is 1. The molecule has 7 heteroatoms. The first-order valence-corrected chi connectivity index (χ1v) is 7.99. The summed E-state index contributed by atoms with van der Waals surface area (Å²) in [6, 6.07) is 10.3. The number of rotatable bonds is 7. The van der Waals surface area contributed by atoms with E-state index in [0.717, 1.165) is 5.75 Å². The van der Waals surface area contributed by atoms with Gasteiger partial charge in [-0.25, -0.2) is 4.79 Å². The Hall–Kier alpha value is -2.54. The van der Waals surface area contributed by atoms with Gasteiger partial charge in [-0.05, 0) is 65.3 Å². The van der Waals surface area contributed by atoms with Crippen LogP contribution in [0.5, 0.6) is 5.75 Å². The molecule has 2 rings (SSSR count). The molecule has 0 saturated carbocycles. The fourth-order valence-corrected chi connectivity index (χ4v) is 2.07. The molecule has 0 aliphatic carbocycles. The number of carbonyl (C=O) groups is 2. The summed E-state index contributed by atoms with van der Waals surface area (Å²) in [6.45, 7) is 2.09. The van der Waals surface area contributed by atoms with Crippen molar-refractivity contribution in [1.82, 2.24) is 0 Å². The molecule has 2 aromatic rings. The molecular weight excluding hydrogens is 378 g/mol. The SMILES string of the molecule is CCOc1ccc(NC(=O)COC(=O)/C=C/c2ccc(Br)o2)cc1. The number of ether oxygens (including phenoxy) is 2. The molecular formula is C17H16BrNO5. The van der Waals surface area contributed by atoms with Gasteiger partial charge in [-0.15, -0.1) is 0 Å². The summed E-state index contributed by atoms with van der Waals surface area (Å²) < 4.78 is 15.9. The molecule has 0 aliphatic rings. The summed E-state index contributed by atoms with van der Waals surface area (Å²) in [4.78, 5) is 23.3. The summed E-state index contributed by atoms with van der Waals surface area (Å²) >= 11 is 3.16. The fourth-order valence-electron chi connectivity index (χ4n) is 1.75. The van der Waals surface area contributed by atoms with E-state index in [4.69, 9.17) is 13.9 Å². The predicted molar refractivity (Wildman–Crippen MR) is 92.6 cm³/mol. The van der Waals surface area contributed by atoms with Gasteiger partial charge >= 0.3 is 5.97 Å². The third-order valence-electron chi connectivity index (χ3n) is 2.77. The molecule has 1 N–H and O–H groups in total. The number of esters is 1. The van der Waals surface area contributed by atoms with Crippen LogP contribution in [0.25, 0.3) is 6.08 Å². The first kappa shape index (κ1) is 17.8. The van der Waals surface area contributed by atoms with Gasteiger partial charge in [0.2, 0.25) is 0 Å². The number of anilines is 1. The molecule has 126 valence electrons. The predicted octanol–water partition coefficient (Wildman–Crippen LogP) is 3.64. The zero-order valence-electron chi connectivity index (χ0n) is 13.0. The van der Waals surface area contributed by atoms with E-state index in [1.54, 1.807) is 36.4 Å². The third-order valence-corrected chi connectivity index (χ3v) is 3.20. The second kappa shape index (κ2) is 8.93. The average Bonchev–Trinajstić information content (AvgIpc) is 2.98. The van der Waals surface area contributed by atoms with E-state index in [0.29, 0.717) is 22.7 Å². The molecule has 1 heterocycles. The summed E-state index contributed by atoms with van der Waals surface area (Å²) in [5.74, 6) is 0.153. The quantitative estimate of drug-likeness (QED) is 0.573. The van der Waals surface area contributed by atoms with Crippen LogP contribution in [0.4, 0.5) is 5.69 Å². The van der Waals surface area contributed by atoms with Gasteiger partial charge in [0.15, 0.2) is 11.3 Å². The fraction of sp³-hybridized carbons (Fsp3) is 0.176. The molecule has 0 unspecified atom stereocenters. The van der Waals surface area contributed by atoms with Crippen LogP contribution in [-0.2, 0) is 14.3 Å². The molecule has 0 saturated heterocycles. The minimum Gasteiger partial charge on any atom is -0.494 e. The lowest BCUT2D eigenvalue weighted by atomic mass is 10.3. The van der Waals surface area contributed by atoms with Gasteiger partial charge in [0.05, 0.1) is 6.61 Å². The van der Waals surface area contributed by atoms with Crippen LogP contribution in [0.2, 0.25) is 0 Å². The lowest BCUT2D eigenvalue weighted by molar-refractivity contribution is -0.142. The molecule has 0 bridgehead atoms. The number of hydrogen-bond donors (Lipinski definition) is 1. The first-order chi connectivity index (χ1) is 11.6. The van der Waals surface area contributed by atoms with E-state index in [2.05, 4.69) is 21.2 Å². The van der Waals surface area contributed by atoms with Crippen molar-refractivity contribution < 1.29 is 23.5 Å². The van der Waals surface area contributed by atoms with Crippen molar-refractivity contribution in [1.29, 1.82) is 0 Å². The van der Waals surface area contributed by atoms with Crippen molar-refractivity contribution in [3.63, 3.8) is 0 Å². The molecule has 0 atom stereocenters. The number of amides is 1. The van der Waals surface area contributed by atoms with Crippen molar-refractivity contribution in [2.75, 3.05) is 18.5 Å². The van der Waals surface area contributed by atoms with Crippen molar-refractivity contribution in [3.8, 4) is 5.75 Å². The second-order valence-electron chi connectivity index (χ2n) is 4.59. The largest absolute Gasteiger partial charge is 0.494 e. The number of nitrogens with one attached hydrogen (secondary N) is 1. The maximum absolute atomic E-state index is 11.7. The Balaban J connectivity index is 1.75. The Kier molecular flexibility index (Phi) is 6.62. The van der Waals surface area contributed by atoms with Gasteiger partial charge in [0.1, 0.15) is 11.5 Å². The minimum absolute atomic E-state index is 0.377. The Morgan fingerprint density at radius 2 is 1.96 bits per heavy atom. The van der Waals surface area contributed by atoms with Gasteiger partial charge in [0, 0.05) is 11.8 Å². The molecule has 1 aromatic heterocycles. The summed E-state index contributed by atoms with van der Waals surface area (Å²) in [7, 11) is 0. The molecule has 0 spiro atoms. The van der Waals surface area contributed by atoms with Crippen LogP contribution in [0.3, 0.4) is 0 Å². The van der Waals surface area contributed by atoms with Gasteiger partial charge in [0.25, 0.3) is 5.91 Å². The van der Waals surface area contributed by atoms with Crippen LogP contribution in [0.15, 0.2) is 51.6 Å². The molecule has 1 aromatic carbocycles. The highest BCUT2D eigenvalue weighted by Crippen LogP contribution is 2.16. The molecule has 24 heavy (non-hydrogen) atoms. The molecule has 0 radical (unpaired) electrons. The number of halogens is 1. The maximum atomic E-state index is 11.7. The minimum atomic E-state index is -0.635. The Labute approximate surface area is 147 Å². The normalized spacial score (nSPS) is 10.6. The van der Waals surface area contributed by atoms with Gasteiger partial charge < -0.3 is 19.2 Å². The highest BCUT2D eigenvalue weighted by atomic mass is 79.9. The second-order valence-corrected chi connectivity index (χ2v) is 5.37. The van der Waals surface area contributed by atoms with Gasteiger partial charge in [-0.3, -0.25) is 4.79 Å². The zero-order chi connectivity index (χ0) is 17.4. The van der Waals surface area contributed by atoms with Crippen molar-refractivity contribution >= 4 is 39.6 Å². The van der Waals surface area contributed by atoms with Crippen LogP contribution >= 0.6 is 15.9 Å². The topological polar surface area (TPSA) is 77.8 Å². The summed E-state index contributed by atoms with van der Waals surface area (Å²) in [5, 5.41) is 2.62. The van der Waals surface area contributed by atoms with E-state index >= 15 is 0 Å². The average molecular weight is 394 g/mol. The number of hydrogen-bond acceptors (Lipinski definition) is 5. The molecule has 0 fully saturated rings. The Morgan fingerprint density at radius 1 is 1.21 bits per heavy atom. The summed E-state index contributed by atoms with van der Waals surface area (Å²) in [5.41, 5.74) is 0.593. The van der Waals surface area contributed by atoms with Crippen molar-refractivity contribution in [2.45, 2.75) is 6.92 Å². The number of carbonyl (C=O) groups excluding carboxylic acids is 2. The third kappa shape index (κ3) is 5.92. The lowest BCUT2D eigenvalue weighted by Gasteiger charge is -2.07. The number of benzene rings is 1. The van der Waals surface area contributed by atoms with Gasteiger partial charge in [-0.2, -0.15) is 0 Å². The van der Waals surface area contributed by atoms with E-state index in [1.807, 2.05) is 6.92 Å². The van der Waals surface area contributed by atoms with Gasteiger partial charge in [-0.1, -0.05) is 0 Å². The first-order valence-electron chi connectivity index (χ1n) is 7.19. The van der Waals surface area contributed by atoms with Crippen LogP contribution in [-0.4, -0.2) is 25.1 Å². The Bertz CT molecular complexity index is 721. The van der Waals surface area contributed by atoms with Crippen LogP contribution in [0, 0.1) is 0 Å². The van der Waals surface area contributed by atoms with E-state index in [1.165, 1.54) is 12.2 Å². The van der Waals surface area contributed by atoms with E-state index < -0.39 is 11.9 Å². The monoisotopic (exact) mass is 393 g/mol. The molecule has 1 amide bonds. The van der Waals surface area contributed by atoms with E-state index in [-0.39, 0.29) is 6.61 Å². The summed E-state index contributed by atoms with van der Waals surface area (Å²) in [6.07, 6.45) is 2.65. The smallest absolute Gasteiger partial charge is 0.331 e. The van der Waals surface area contributed by atoms with Crippen molar-refractivity contribution in [2.24, 2.45) is 0 Å². The molecule has 6 nitrogen and oxygen atoms in total. The molecule has 0 aliphatic heterocycles. The van der Waals surface area contributed by atoms with Crippen LogP contribution < -0.4 is 10.1 Å². The standard InChI is InChI=1S/C17H16BrNO5/c1-2-22-13-5-3-12(4-6-13)19-16(20)11-23-17(21)10-8-14-7-9-15(18)24-14/h3-10H,2,11H2,1H3,(H,19,20)/b10-8+. The van der Waals surface area contributed by atoms with Crippen LogP contribution in [0.1, 0.15) is 12.7 Å². The zero-order valence-corrected chi connectivity index (χ0v) is 14.5. The van der Waals surface area contributed by atoms with Crippen molar-refractivity contribution in [3.05, 3.63) is 52.9 Å². The highest BCUT2D eigenvalue weighted by Gasteiger charge is 2.06. The maximum Gasteiger partial charge on any atom is 0.331 e. The van der Waals surface area contributed by atoms with E-state index in [9.17, 15) is 9.59 Å². The Morgan fingerprint density at radius 3 is 2.58 bits per heavy atom. The lowest BCUT2D eigenvalue weighted by Crippen LogP contribution is -2.20.